The molecule has 2 aromatic carbocycles. The highest BCUT2D eigenvalue weighted by Crippen LogP contribution is 2.41. The van der Waals surface area contributed by atoms with Crippen molar-refractivity contribution in [3.8, 4) is 22.9 Å². The summed E-state index contributed by atoms with van der Waals surface area (Å²) >= 11 is 0. The topological polar surface area (TPSA) is 103 Å². The molecule has 0 bridgehead atoms. The lowest BCUT2D eigenvalue weighted by molar-refractivity contribution is -0.113. The Hall–Kier alpha value is -4.66. The van der Waals surface area contributed by atoms with Gasteiger partial charge in [0.1, 0.15) is 17.5 Å². The predicted octanol–water partition coefficient (Wildman–Crippen LogP) is 4.28. The van der Waals surface area contributed by atoms with Crippen LogP contribution in [0, 0.1) is 0 Å². The number of benzene rings is 2. The number of aromatic nitrogens is 4. The van der Waals surface area contributed by atoms with E-state index in [1.807, 2.05) is 61.5 Å². The number of nitrogens with zero attached hydrogens (tertiary/aromatic N) is 4. The van der Waals surface area contributed by atoms with E-state index in [1.165, 1.54) is 0 Å². The minimum atomic E-state index is -0.598. The number of hydrogen-bond acceptors (Lipinski definition) is 7. The van der Waals surface area contributed by atoms with E-state index in [-0.39, 0.29) is 5.91 Å². The molecule has 0 radical (unpaired) electrons. The molecule has 1 amide bonds. The summed E-state index contributed by atoms with van der Waals surface area (Å²) in [5.41, 5.74) is 3.43. The van der Waals surface area contributed by atoms with Crippen molar-refractivity contribution in [2.45, 2.75) is 13.0 Å². The SMILES string of the molecule is COc1ccc(C2C(C(=O)Nc3ccccc3)=C(C)Nc3nc(-c4ccncc4)nn32)c(OC)c1. The van der Waals surface area contributed by atoms with Crippen molar-refractivity contribution >= 4 is 17.5 Å². The Morgan fingerprint density at radius 1 is 1.03 bits per heavy atom. The minimum absolute atomic E-state index is 0.254. The Morgan fingerprint density at radius 3 is 2.51 bits per heavy atom. The summed E-state index contributed by atoms with van der Waals surface area (Å²) in [5, 5.41) is 11.0. The summed E-state index contributed by atoms with van der Waals surface area (Å²) < 4.78 is 12.8. The second-order valence-corrected chi connectivity index (χ2v) is 7.93. The maximum atomic E-state index is 13.6. The van der Waals surface area contributed by atoms with Crippen molar-refractivity contribution in [2.24, 2.45) is 0 Å². The molecule has 9 nitrogen and oxygen atoms in total. The zero-order chi connectivity index (χ0) is 24.4. The number of nitrogens with one attached hydrogen (secondary N) is 2. The molecular weight excluding hydrogens is 444 g/mol. The summed E-state index contributed by atoms with van der Waals surface area (Å²) in [6, 6.07) is 17.9. The lowest BCUT2D eigenvalue weighted by atomic mass is 9.94. The number of methoxy groups -OCH3 is 2. The summed E-state index contributed by atoms with van der Waals surface area (Å²) in [6.07, 6.45) is 3.38. The van der Waals surface area contributed by atoms with E-state index in [0.29, 0.717) is 40.2 Å². The van der Waals surface area contributed by atoms with Gasteiger partial charge in [-0.3, -0.25) is 9.78 Å². The van der Waals surface area contributed by atoms with Crippen molar-refractivity contribution < 1.29 is 14.3 Å². The van der Waals surface area contributed by atoms with Crippen molar-refractivity contribution in [3.05, 3.63) is 89.9 Å². The van der Waals surface area contributed by atoms with Crippen LogP contribution in [0.1, 0.15) is 18.5 Å². The molecule has 1 aliphatic heterocycles. The van der Waals surface area contributed by atoms with E-state index in [0.717, 1.165) is 11.1 Å². The highest BCUT2D eigenvalue weighted by atomic mass is 16.5. The third kappa shape index (κ3) is 4.19. The minimum Gasteiger partial charge on any atom is -0.497 e. The van der Waals surface area contributed by atoms with Crippen LogP contribution in [0.4, 0.5) is 11.6 Å². The van der Waals surface area contributed by atoms with Gasteiger partial charge in [-0.1, -0.05) is 18.2 Å². The molecular formula is C26H24N6O3. The van der Waals surface area contributed by atoms with Gasteiger partial charge in [0.25, 0.3) is 5.91 Å². The molecule has 1 aliphatic rings. The fourth-order valence-electron chi connectivity index (χ4n) is 4.12. The fourth-order valence-corrected chi connectivity index (χ4v) is 4.12. The van der Waals surface area contributed by atoms with E-state index in [4.69, 9.17) is 19.6 Å². The number of carbonyl (C=O) groups is 1. The van der Waals surface area contributed by atoms with Crippen LogP contribution in [0.25, 0.3) is 11.4 Å². The summed E-state index contributed by atoms with van der Waals surface area (Å²) in [6.45, 7) is 1.85. The number of ether oxygens (including phenoxy) is 2. The number of pyridine rings is 1. The zero-order valence-corrected chi connectivity index (χ0v) is 19.5. The highest BCUT2D eigenvalue weighted by Gasteiger charge is 2.36. The summed E-state index contributed by atoms with van der Waals surface area (Å²) in [4.78, 5) is 22.4. The quantitative estimate of drug-likeness (QED) is 0.435. The van der Waals surface area contributed by atoms with Crippen LogP contribution in [0.5, 0.6) is 11.5 Å². The molecule has 176 valence electrons. The van der Waals surface area contributed by atoms with Gasteiger partial charge in [0, 0.05) is 41.0 Å². The first-order chi connectivity index (χ1) is 17.1. The first kappa shape index (κ1) is 22.1. The molecule has 1 atom stereocenters. The van der Waals surface area contributed by atoms with Crippen molar-refractivity contribution in [3.63, 3.8) is 0 Å². The molecule has 3 heterocycles. The van der Waals surface area contributed by atoms with Crippen LogP contribution >= 0.6 is 0 Å². The monoisotopic (exact) mass is 468 g/mol. The molecule has 0 spiro atoms. The molecule has 35 heavy (non-hydrogen) atoms. The molecule has 0 fully saturated rings. The van der Waals surface area contributed by atoms with Crippen LogP contribution in [-0.2, 0) is 4.79 Å². The van der Waals surface area contributed by atoms with Crippen molar-refractivity contribution in [1.82, 2.24) is 19.7 Å². The van der Waals surface area contributed by atoms with Crippen LogP contribution < -0.4 is 20.1 Å². The van der Waals surface area contributed by atoms with Gasteiger partial charge >= 0.3 is 0 Å². The molecule has 0 saturated heterocycles. The van der Waals surface area contributed by atoms with Gasteiger partial charge in [-0.25, -0.2) is 4.68 Å². The standard InChI is InChI=1S/C26H24N6O3/c1-16-22(25(33)29-18-7-5-4-6-8-18)23(20-10-9-19(34-2)15-21(20)35-3)32-26(28-16)30-24(31-32)17-11-13-27-14-12-17/h4-15,23H,1-3H3,(H,29,33)(H,28,30,31). The number of hydrogen-bond donors (Lipinski definition) is 2. The normalized spacial score (nSPS) is 14.7. The number of allylic oxidation sites excluding steroid dienone is 1. The zero-order valence-electron chi connectivity index (χ0n) is 19.5. The van der Waals surface area contributed by atoms with E-state index in [1.54, 1.807) is 37.4 Å². The molecule has 4 aromatic rings. The maximum Gasteiger partial charge on any atom is 0.255 e. The van der Waals surface area contributed by atoms with E-state index in [9.17, 15) is 4.79 Å². The average molecular weight is 469 g/mol. The van der Waals surface area contributed by atoms with Gasteiger partial charge in [0.05, 0.1) is 19.8 Å². The number of amides is 1. The molecule has 5 rings (SSSR count). The lowest BCUT2D eigenvalue weighted by Gasteiger charge is -2.29. The molecule has 2 N–H and O–H groups in total. The number of fused-ring (bicyclic) bond motifs is 1. The van der Waals surface area contributed by atoms with Crippen molar-refractivity contribution in [1.29, 1.82) is 0 Å². The third-order valence-corrected chi connectivity index (χ3v) is 5.80. The smallest absolute Gasteiger partial charge is 0.255 e. The van der Waals surface area contributed by atoms with Crippen molar-refractivity contribution in [2.75, 3.05) is 24.9 Å². The number of anilines is 2. The number of carbonyl (C=O) groups excluding carboxylic acids is 1. The summed E-state index contributed by atoms with van der Waals surface area (Å²) in [7, 11) is 3.18. The molecule has 0 aliphatic carbocycles. The van der Waals surface area contributed by atoms with Gasteiger partial charge < -0.3 is 20.1 Å². The summed E-state index contributed by atoms with van der Waals surface area (Å²) in [5.74, 6) is 2.00. The van der Waals surface area contributed by atoms with Gasteiger partial charge in [0.15, 0.2) is 5.82 Å². The van der Waals surface area contributed by atoms with Gasteiger partial charge in [-0.05, 0) is 43.3 Å². The highest BCUT2D eigenvalue weighted by molar-refractivity contribution is 6.06. The van der Waals surface area contributed by atoms with E-state index >= 15 is 0 Å². The predicted molar refractivity (Wildman–Crippen MR) is 132 cm³/mol. The molecule has 1 unspecified atom stereocenters. The fraction of sp³-hybridized carbons (Fsp3) is 0.154. The molecule has 2 aromatic heterocycles. The molecule has 9 heteroatoms. The Kier molecular flexibility index (Phi) is 5.88. The first-order valence-corrected chi connectivity index (χ1v) is 11.0. The molecule has 0 saturated carbocycles. The lowest BCUT2D eigenvalue weighted by Crippen LogP contribution is -2.31. The van der Waals surface area contributed by atoms with Gasteiger partial charge in [-0.15, -0.1) is 5.10 Å². The van der Waals surface area contributed by atoms with E-state index in [2.05, 4.69) is 15.6 Å². The van der Waals surface area contributed by atoms with Crippen LogP contribution in [0.2, 0.25) is 0 Å². The Morgan fingerprint density at radius 2 is 1.80 bits per heavy atom. The Labute approximate surface area is 202 Å². The average Bonchev–Trinajstić information content (AvgIpc) is 3.32. The number of para-hydroxylation sites is 1. The largest absolute Gasteiger partial charge is 0.497 e. The van der Waals surface area contributed by atoms with Crippen LogP contribution in [-0.4, -0.2) is 39.9 Å². The first-order valence-electron chi connectivity index (χ1n) is 11.0. The van der Waals surface area contributed by atoms with E-state index < -0.39 is 6.04 Å². The van der Waals surface area contributed by atoms with Gasteiger partial charge in [0.2, 0.25) is 5.95 Å². The third-order valence-electron chi connectivity index (χ3n) is 5.80. The van der Waals surface area contributed by atoms with Crippen LogP contribution in [0.3, 0.4) is 0 Å². The Balaban J connectivity index is 1.65. The number of rotatable bonds is 6. The second-order valence-electron chi connectivity index (χ2n) is 7.93. The Bertz CT molecular complexity index is 1400. The maximum absolute atomic E-state index is 13.6. The second kappa shape index (κ2) is 9.30. The van der Waals surface area contributed by atoms with Crippen LogP contribution in [0.15, 0.2) is 84.3 Å². The van der Waals surface area contributed by atoms with Gasteiger partial charge in [-0.2, -0.15) is 4.98 Å².